The summed E-state index contributed by atoms with van der Waals surface area (Å²) >= 11 is 7.33. The molecule has 0 amide bonds. The maximum Gasteiger partial charge on any atom is 0.173 e. The molecule has 0 spiro atoms. The summed E-state index contributed by atoms with van der Waals surface area (Å²) in [4.78, 5) is 13.1. The van der Waals surface area contributed by atoms with E-state index < -0.39 is 0 Å². The third-order valence-electron chi connectivity index (χ3n) is 2.67. The normalized spacial score (nSPS) is 10.3. The van der Waals surface area contributed by atoms with E-state index >= 15 is 0 Å². The number of carbonyl (C=O) groups excluding carboxylic acids is 1. The van der Waals surface area contributed by atoms with Gasteiger partial charge in [-0.3, -0.25) is 4.79 Å². The molecule has 4 heteroatoms. The Hall–Kier alpha value is -1.45. The molecule has 2 rings (SSSR count). The Labute approximate surface area is 128 Å². The van der Waals surface area contributed by atoms with Crippen LogP contribution in [0.25, 0.3) is 0 Å². The van der Waals surface area contributed by atoms with E-state index in [0.717, 1.165) is 10.6 Å². The molecule has 0 saturated carbocycles. The smallest absolute Gasteiger partial charge is 0.173 e. The molecular weight excluding hydrogens is 292 g/mol. The van der Waals surface area contributed by atoms with Crippen LogP contribution in [0, 0.1) is 0 Å². The van der Waals surface area contributed by atoms with Crippen LogP contribution in [0.15, 0.2) is 53.4 Å². The van der Waals surface area contributed by atoms with Crippen LogP contribution in [-0.4, -0.2) is 18.1 Å². The van der Waals surface area contributed by atoms with Crippen molar-refractivity contribution < 1.29 is 9.53 Å². The molecule has 0 aromatic heterocycles. The van der Waals surface area contributed by atoms with Crippen molar-refractivity contribution in [3.8, 4) is 5.75 Å². The van der Waals surface area contributed by atoms with Crippen molar-refractivity contribution >= 4 is 29.1 Å². The first-order chi connectivity index (χ1) is 9.69. The zero-order chi connectivity index (χ0) is 14.4. The number of halogens is 1. The van der Waals surface area contributed by atoms with Crippen molar-refractivity contribution in [2.24, 2.45) is 0 Å². The molecule has 2 aromatic rings. The van der Waals surface area contributed by atoms with E-state index in [1.165, 1.54) is 11.8 Å². The summed E-state index contributed by atoms with van der Waals surface area (Å²) in [7, 11) is 0. The Bertz CT molecular complexity index is 564. The third kappa shape index (κ3) is 4.29. The van der Waals surface area contributed by atoms with Crippen molar-refractivity contribution in [2.75, 3.05) is 12.4 Å². The number of hydrogen-bond donors (Lipinski definition) is 0. The summed E-state index contributed by atoms with van der Waals surface area (Å²) < 4.78 is 5.35. The van der Waals surface area contributed by atoms with Gasteiger partial charge in [0.25, 0.3) is 0 Å². The minimum Gasteiger partial charge on any atom is -0.494 e. The monoisotopic (exact) mass is 306 g/mol. The Morgan fingerprint density at radius 1 is 1.10 bits per heavy atom. The van der Waals surface area contributed by atoms with Gasteiger partial charge in [-0.15, -0.1) is 11.8 Å². The van der Waals surface area contributed by atoms with Crippen LogP contribution in [0.3, 0.4) is 0 Å². The van der Waals surface area contributed by atoms with Crippen molar-refractivity contribution in [1.29, 1.82) is 0 Å². The number of hydrogen-bond acceptors (Lipinski definition) is 3. The average Bonchev–Trinajstić information content (AvgIpc) is 2.47. The van der Waals surface area contributed by atoms with Crippen LogP contribution in [-0.2, 0) is 0 Å². The van der Waals surface area contributed by atoms with Crippen LogP contribution >= 0.6 is 23.4 Å². The number of rotatable bonds is 6. The summed E-state index contributed by atoms with van der Waals surface area (Å²) in [5.74, 6) is 1.30. The molecule has 104 valence electrons. The molecule has 0 heterocycles. The number of carbonyl (C=O) groups is 1. The number of thioether (sulfide) groups is 1. The maximum atomic E-state index is 12.1. The number of benzene rings is 2. The summed E-state index contributed by atoms with van der Waals surface area (Å²) in [6, 6.07) is 14.7. The fraction of sp³-hybridized carbons (Fsp3) is 0.188. The highest BCUT2D eigenvalue weighted by molar-refractivity contribution is 8.00. The van der Waals surface area contributed by atoms with Gasteiger partial charge in [0.15, 0.2) is 5.78 Å². The number of ketones is 1. The fourth-order valence-corrected chi connectivity index (χ4v) is 2.59. The van der Waals surface area contributed by atoms with Crippen molar-refractivity contribution in [2.45, 2.75) is 11.8 Å². The molecule has 20 heavy (non-hydrogen) atoms. The Morgan fingerprint density at radius 3 is 2.35 bits per heavy atom. The largest absolute Gasteiger partial charge is 0.494 e. The molecule has 0 fully saturated rings. The van der Waals surface area contributed by atoms with Gasteiger partial charge in [-0.1, -0.05) is 11.6 Å². The van der Waals surface area contributed by atoms with E-state index in [-0.39, 0.29) is 5.78 Å². The predicted octanol–water partition coefficient (Wildman–Crippen LogP) is 4.71. The molecular formula is C16H15ClO2S. The van der Waals surface area contributed by atoms with Crippen LogP contribution in [0.2, 0.25) is 5.02 Å². The van der Waals surface area contributed by atoms with Gasteiger partial charge < -0.3 is 4.74 Å². The van der Waals surface area contributed by atoms with Gasteiger partial charge in [-0.05, 0) is 55.5 Å². The molecule has 0 aliphatic heterocycles. The van der Waals surface area contributed by atoms with E-state index in [1.807, 2.05) is 43.3 Å². The zero-order valence-electron chi connectivity index (χ0n) is 11.1. The highest BCUT2D eigenvalue weighted by Gasteiger charge is 2.07. The Morgan fingerprint density at radius 2 is 1.75 bits per heavy atom. The lowest BCUT2D eigenvalue weighted by atomic mass is 10.1. The summed E-state index contributed by atoms with van der Waals surface area (Å²) in [5, 5.41) is 0.701. The molecule has 2 aromatic carbocycles. The predicted molar refractivity (Wildman–Crippen MR) is 84.1 cm³/mol. The molecule has 0 unspecified atom stereocenters. The lowest BCUT2D eigenvalue weighted by Crippen LogP contribution is -2.02. The first-order valence-corrected chi connectivity index (χ1v) is 7.70. The van der Waals surface area contributed by atoms with Gasteiger partial charge in [0.2, 0.25) is 0 Å². The second-order valence-corrected chi connectivity index (χ2v) is 5.61. The fourth-order valence-electron chi connectivity index (χ4n) is 1.67. The third-order valence-corrected chi connectivity index (χ3v) is 3.93. The summed E-state index contributed by atoms with van der Waals surface area (Å²) in [6.45, 7) is 2.56. The molecule has 0 radical (unpaired) electrons. The molecule has 0 bridgehead atoms. The van der Waals surface area contributed by atoms with Crippen molar-refractivity contribution in [3.63, 3.8) is 0 Å². The van der Waals surface area contributed by atoms with Gasteiger partial charge in [-0.2, -0.15) is 0 Å². The summed E-state index contributed by atoms with van der Waals surface area (Å²) in [6.07, 6.45) is 0. The highest BCUT2D eigenvalue weighted by atomic mass is 35.5. The lowest BCUT2D eigenvalue weighted by molar-refractivity contribution is 0.102. The quantitative estimate of drug-likeness (QED) is 0.571. The number of Topliss-reactive ketones (excluding diaryl/α,β-unsaturated/α-hetero) is 1. The number of ether oxygens (including phenoxy) is 1. The Balaban J connectivity index is 1.92. The summed E-state index contributed by atoms with van der Waals surface area (Å²) in [5.41, 5.74) is 0.704. The standard InChI is InChI=1S/C16H15ClO2S/c1-2-19-14-7-3-12(4-8-14)16(18)11-20-15-9-5-13(17)6-10-15/h3-10H,2,11H2,1H3. The van der Waals surface area contributed by atoms with Crippen molar-refractivity contribution in [1.82, 2.24) is 0 Å². The van der Waals surface area contributed by atoms with E-state index in [4.69, 9.17) is 16.3 Å². The molecule has 0 aliphatic carbocycles. The van der Waals surface area contributed by atoms with Gasteiger partial charge in [0.1, 0.15) is 5.75 Å². The van der Waals surface area contributed by atoms with Gasteiger partial charge in [0.05, 0.1) is 12.4 Å². The van der Waals surface area contributed by atoms with E-state index in [1.54, 1.807) is 12.1 Å². The van der Waals surface area contributed by atoms with E-state index in [9.17, 15) is 4.79 Å². The first kappa shape index (κ1) is 14.9. The van der Waals surface area contributed by atoms with Crippen LogP contribution in [0.5, 0.6) is 5.75 Å². The van der Waals surface area contributed by atoms with Gasteiger partial charge in [0, 0.05) is 15.5 Å². The SMILES string of the molecule is CCOc1ccc(C(=O)CSc2ccc(Cl)cc2)cc1. The second-order valence-electron chi connectivity index (χ2n) is 4.12. The second kappa shape index (κ2) is 7.36. The average molecular weight is 307 g/mol. The van der Waals surface area contributed by atoms with Crippen molar-refractivity contribution in [3.05, 3.63) is 59.1 Å². The van der Waals surface area contributed by atoms with Gasteiger partial charge in [-0.25, -0.2) is 0 Å². The minimum atomic E-state index is 0.105. The van der Waals surface area contributed by atoms with E-state index in [2.05, 4.69) is 0 Å². The van der Waals surface area contributed by atoms with Crippen LogP contribution in [0.4, 0.5) is 0 Å². The molecule has 0 aliphatic rings. The lowest BCUT2D eigenvalue weighted by Gasteiger charge is -2.05. The van der Waals surface area contributed by atoms with Crippen LogP contribution in [0.1, 0.15) is 17.3 Å². The molecule has 2 nitrogen and oxygen atoms in total. The molecule has 0 saturated heterocycles. The maximum absolute atomic E-state index is 12.1. The minimum absolute atomic E-state index is 0.105. The molecule has 0 atom stereocenters. The topological polar surface area (TPSA) is 26.3 Å². The first-order valence-electron chi connectivity index (χ1n) is 6.33. The highest BCUT2D eigenvalue weighted by Crippen LogP contribution is 2.22. The zero-order valence-corrected chi connectivity index (χ0v) is 12.7. The molecule has 0 N–H and O–H groups in total. The van der Waals surface area contributed by atoms with Crippen LogP contribution < -0.4 is 4.74 Å². The van der Waals surface area contributed by atoms with E-state index in [0.29, 0.717) is 22.9 Å². The van der Waals surface area contributed by atoms with Gasteiger partial charge >= 0.3 is 0 Å². The Kier molecular flexibility index (Phi) is 5.50.